The summed E-state index contributed by atoms with van der Waals surface area (Å²) in [6.45, 7) is 12.6. The standard InChI is InChI=1S/C27H37FN2O3Si/c1-5-32-25(31)14-11-21-9-12-23(13-10-21)29-15-17-30(18-16-29)24-8-6-7-22(26(24)28)19-33-34(4)20-27(34,2)3/h6-10,12-13H,5,11,14-20H2,1-4H3. The SMILES string of the molecule is CCOC(=O)CCc1ccc(N2CCN(c3cccc(CO[Si]4(C)CC4(C)C)c3F)CC2)cc1. The van der Waals surface area contributed by atoms with Crippen molar-refractivity contribution in [3.8, 4) is 0 Å². The number of carbonyl (C=O) groups excluding carboxylic acids is 1. The van der Waals surface area contributed by atoms with Crippen molar-refractivity contribution in [1.82, 2.24) is 0 Å². The molecule has 2 fully saturated rings. The highest BCUT2D eigenvalue weighted by molar-refractivity contribution is 6.86. The van der Waals surface area contributed by atoms with Gasteiger partial charge in [0.2, 0.25) is 0 Å². The molecule has 2 aromatic carbocycles. The summed E-state index contributed by atoms with van der Waals surface area (Å²) in [5.74, 6) is -0.295. The Labute approximate surface area is 204 Å². The molecule has 0 amide bonds. The fourth-order valence-corrected chi connectivity index (χ4v) is 8.08. The molecule has 34 heavy (non-hydrogen) atoms. The molecule has 2 aromatic rings. The van der Waals surface area contributed by atoms with E-state index >= 15 is 4.39 Å². The molecule has 0 bridgehead atoms. The number of benzene rings is 2. The highest BCUT2D eigenvalue weighted by Crippen LogP contribution is 2.62. The molecule has 1 atom stereocenters. The third-order valence-corrected chi connectivity index (χ3v) is 12.5. The van der Waals surface area contributed by atoms with Crippen LogP contribution >= 0.6 is 0 Å². The molecule has 2 aliphatic rings. The summed E-state index contributed by atoms with van der Waals surface area (Å²) in [7, 11) is -1.67. The van der Waals surface area contributed by atoms with Gasteiger partial charge in [-0.1, -0.05) is 38.1 Å². The molecule has 2 heterocycles. The van der Waals surface area contributed by atoms with Crippen molar-refractivity contribution in [1.29, 1.82) is 0 Å². The smallest absolute Gasteiger partial charge is 0.306 e. The van der Waals surface area contributed by atoms with Crippen molar-refractivity contribution in [3.63, 3.8) is 0 Å². The first-order chi connectivity index (χ1) is 16.2. The monoisotopic (exact) mass is 484 g/mol. The van der Waals surface area contributed by atoms with E-state index in [1.54, 1.807) is 0 Å². The van der Waals surface area contributed by atoms with Crippen LogP contribution < -0.4 is 9.80 Å². The number of hydrogen-bond acceptors (Lipinski definition) is 5. The van der Waals surface area contributed by atoms with Crippen LogP contribution in [0.4, 0.5) is 15.8 Å². The van der Waals surface area contributed by atoms with E-state index in [9.17, 15) is 4.79 Å². The lowest BCUT2D eigenvalue weighted by Gasteiger charge is -2.37. The Balaban J connectivity index is 1.31. The van der Waals surface area contributed by atoms with Crippen LogP contribution in [0.1, 0.15) is 38.3 Å². The molecule has 0 radical (unpaired) electrons. The fraction of sp³-hybridized carbons (Fsp3) is 0.519. The predicted molar refractivity (Wildman–Crippen MR) is 137 cm³/mol. The number of aryl methyl sites for hydroxylation is 1. The molecule has 2 saturated heterocycles. The van der Waals surface area contributed by atoms with Gasteiger partial charge in [0.05, 0.1) is 18.9 Å². The van der Waals surface area contributed by atoms with Gasteiger partial charge in [0.25, 0.3) is 0 Å². The number of carbonyl (C=O) groups is 1. The molecule has 184 valence electrons. The average molecular weight is 485 g/mol. The van der Waals surface area contributed by atoms with Crippen molar-refractivity contribution in [2.24, 2.45) is 0 Å². The first-order valence-electron chi connectivity index (χ1n) is 12.4. The quantitative estimate of drug-likeness (QED) is 0.346. The zero-order valence-electron chi connectivity index (χ0n) is 20.9. The van der Waals surface area contributed by atoms with Crippen molar-refractivity contribution in [2.45, 2.75) is 57.8 Å². The minimum Gasteiger partial charge on any atom is -0.466 e. The highest BCUT2D eigenvalue weighted by atomic mass is 28.4. The summed E-state index contributed by atoms with van der Waals surface area (Å²) < 4.78 is 26.6. The lowest BCUT2D eigenvalue weighted by atomic mass is 10.1. The third kappa shape index (κ3) is 5.47. The number of halogens is 1. The zero-order valence-corrected chi connectivity index (χ0v) is 21.9. The Hall–Kier alpha value is -2.38. The van der Waals surface area contributed by atoms with Gasteiger partial charge in [0.15, 0.2) is 14.1 Å². The Kier molecular flexibility index (Phi) is 7.33. The van der Waals surface area contributed by atoms with Gasteiger partial charge in [-0.15, -0.1) is 0 Å². The van der Waals surface area contributed by atoms with Crippen LogP contribution in [0.25, 0.3) is 0 Å². The maximum atomic E-state index is 15.3. The Morgan fingerprint density at radius 2 is 1.71 bits per heavy atom. The van der Waals surface area contributed by atoms with Crippen molar-refractivity contribution in [2.75, 3.05) is 42.6 Å². The van der Waals surface area contributed by atoms with Crippen LogP contribution in [0.2, 0.25) is 17.6 Å². The molecule has 0 N–H and O–H groups in total. The Morgan fingerprint density at radius 1 is 1.06 bits per heavy atom. The molecule has 0 spiro atoms. The van der Waals surface area contributed by atoms with Gasteiger partial charge >= 0.3 is 5.97 Å². The maximum absolute atomic E-state index is 15.3. The minimum absolute atomic E-state index is 0.141. The summed E-state index contributed by atoms with van der Waals surface area (Å²) in [4.78, 5) is 16.0. The molecular formula is C27H37FN2O3Si. The molecule has 0 aromatic heterocycles. The molecule has 1 unspecified atom stereocenters. The molecule has 7 heteroatoms. The molecule has 4 rings (SSSR count). The molecular weight excluding hydrogens is 447 g/mol. The molecule has 0 aliphatic carbocycles. The number of piperazine rings is 1. The number of ether oxygens (including phenoxy) is 1. The number of rotatable bonds is 9. The normalized spacial score (nSPS) is 21.4. The van der Waals surface area contributed by atoms with Crippen molar-refractivity contribution >= 4 is 25.7 Å². The van der Waals surface area contributed by atoms with Gasteiger partial charge in [0.1, 0.15) is 0 Å². The van der Waals surface area contributed by atoms with Crippen LogP contribution in [-0.2, 0) is 27.0 Å². The topological polar surface area (TPSA) is 42.0 Å². The summed E-state index contributed by atoms with van der Waals surface area (Å²) in [5.41, 5.74) is 3.63. The largest absolute Gasteiger partial charge is 0.466 e. The third-order valence-electron chi connectivity index (χ3n) is 7.54. The van der Waals surface area contributed by atoms with Gasteiger partial charge in [-0.25, -0.2) is 4.39 Å². The molecule has 2 aliphatic heterocycles. The Bertz CT molecular complexity index is 1010. The van der Waals surface area contributed by atoms with E-state index in [4.69, 9.17) is 9.16 Å². The van der Waals surface area contributed by atoms with Crippen molar-refractivity contribution in [3.05, 3.63) is 59.4 Å². The summed E-state index contributed by atoms with van der Waals surface area (Å²) in [6.07, 6.45) is 1.09. The summed E-state index contributed by atoms with van der Waals surface area (Å²) in [6, 6.07) is 15.2. The van der Waals surface area contributed by atoms with Crippen LogP contribution in [-0.4, -0.2) is 47.1 Å². The molecule has 5 nitrogen and oxygen atoms in total. The van der Waals surface area contributed by atoms with Crippen LogP contribution in [0.3, 0.4) is 0 Å². The van der Waals surface area contributed by atoms with Gasteiger partial charge in [-0.3, -0.25) is 4.79 Å². The average Bonchev–Trinajstić information content (AvgIpc) is 3.34. The lowest BCUT2D eigenvalue weighted by molar-refractivity contribution is -0.143. The maximum Gasteiger partial charge on any atom is 0.306 e. The van der Waals surface area contributed by atoms with E-state index in [-0.39, 0.29) is 11.8 Å². The van der Waals surface area contributed by atoms with Crippen LogP contribution in [0.5, 0.6) is 0 Å². The van der Waals surface area contributed by atoms with Crippen LogP contribution in [0, 0.1) is 5.82 Å². The highest BCUT2D eigenvalue weighted by Gasteiger charge is 2.62. The van der Waals surface area contributed by atoms with E-state index in [0.717, 1.165) is 43.5 Å². The second-order valence-electron chi connectivity index (χ2n) is 10.3. The number of esters is 1. The molecule has 0 saturated carbocycles. The number of nitrogens with zero attached hydrogens (tertiary/aromatic N) is 2. The minimum atomic E-state index is -1.67. The van der Waals surface area contributed by atoms with E-state index in [2.05, 4.69) is 54.5 Å². The number of anilines is 2. The number of hydrogen-bond donors (Lipinski definition) is 0. The predicted octanol–water partition coefficient (Wildman–Crippen LogP) is 5.53. The van der Waals surface area contributed by atoms with Crippen LogP contribution in [0.15, 0.2) is 42.5 Å². The second kappa shape index (κ2) is 10.1. The van der Waals surface area contributed by atoms with Gasteiger partial charge < -0.3 is 19.0 Å². The zero-order chi connectivity index (χ0) is 24.3. The van der Waals surface area contributed by atoms with Gasteiger partial charge in [-0.2, -0.15) is 0 Å². The van der Waals surface area contributed by atoms with Gasteiger partial charge in [-0.05, 0) is 54.7 Å². The fourth-order valence-electron chi connectivity index (χ4n) is 4.76. The van der Waals surface area contributed by atoms with Gasteiger partial charge in [0, 0.05) is 43.9 Å². The van der Waals surface area contributed by atoms with E-state index in [1.807, 2.05) is 25.1 Å². The second-order valence-corrected chi connectivity index (χ2v) is 14.7. The first-order valence-corrected chi connectivity index (χ1v) is 15.0. The summed E-state index contributed by atoms with van der Waals surface area (Å²) >= 11 is 0. The first kappa shape index (κ1) is 24.7. The van der Waals surface area contributed by atoms with E-state index in [1.165, 1.54) is 0 Å². The van der Waals surface area contributed by atoms with E-state index < -0.39 is 8.32 Å². The van der Waals surface area contributed by atoms with E-state index in [0.29, 0.717) is 42.3 Å². The van der Waals surface area contributed by atoms with Crippen molar-refractivity contribution < 1.29 is 18.3 Å². The Morgan fingerprint density at radius 3 is 2.32 bits per heavy atom. The summed E-state index contributed by atoms with van der Waals surface area (Å²) in [5, 5.41) is 0.302. The lowest BCUT2D eigenvalue weighted by Crippen LogP contribution is -2.46.